The monoisotopic (exact) mass is 1130 g/mol. The fraction of sp³-hybridized carbons (Fsp3) is 0.672. The molecule has 8 atom stereocenters. The molecule has 80 heavy (non-hydrogen) atoms. The molecular weight excluding hydrogens is 1030 g/mol. The molecular formula is C61H94F2N4O13. The normalized spacial score (nSPS) is 15.3. The van der Waals surface area contributed by atoms with E-state index in [1.54, 1.807) is 33.0 Å². The Balaban J connectivity index is 2.59. The van der Waals surface area contributed by atoms with Crippen molar-refractivity contribution in [1.29, 1.82) is 0 Å². The average molecular weight is 1130 g/mol. The second-order valence-corrected chi connectivity index (χ2v) is 25.3. The molecule has 0 saturated heterocycles. The number of aliphatic carboxylic acids is 1. The fourth-order valence-electron chi connectivity index (χ4n) is 8.82. The van der Waals surface area contributed by atoms with Crippen LogP contribution in [0.2, 0.25) is 0 Å². The quantitative estimate of drug-likeness (QED) is 0.0576. The maximum atomic E-state index is 15.7. The Bertz CT molecular complexity index is 2400. The Morgan fingerprint density at radius 3 is 1.27 bits per heavy atom. The van der Waals surface area contributed by atoms with Crippen LogP contribution in [0.1, 0.15) is 165 Å². The molecule has 2 N–H and O–H groups in total. The lowest BCUT2D eigenvalue weighted by molar-refractivity contribution is -0.175. The maximum Gasteiger partial charge on any atom is 0.344 e. The molecule has 0 spiro atoms. The van der Waals surface area contributed by atoms with Crippen LogP contribution < -0.4 is 5.32 Å². The Kier molecular flexibility index (Phi) is 26.0. The topological polar surface area (TPSA) is 215 Å². The maximum absolute atomic E-state index is 15.7. The minimum atomic E-state index is -2.07. The molecule has 0 heterocycles. The number of benzene rings is 2. The Morgan fingerprint density at radius 1 is 0.512 bits per heavy atom. The van der Waals surface area contributed by atoms with Crippen molar-refractivity contribution < 1.29 is 71.2 Å². The van der Waals surface area contributed by atoms with Crippen LogP contribution in [-0.2, 0) is 81.0 Å². The van der Waals surface area contributed by atoms with E-state index in [-0.39, 0.29) is 41.9 Å². The number of halogens is 2. The molecule has 0 fully saturated rings. The number of hydrogen-bond acceptors (Lipinski definition) is 13. The lowest BCUT2D eigenvalue weighted by Crippen LogP contribution is -2.54. The molecule has 19 heteroatoms. The number of hydrogen-bond donors (Lipinski definition) is 2. The third-order valence-corrected chi connectivity index (χ3v) is 13.8. The van der Waals surface area contributed by atoms with Gasteiger partial charge in [0.2, 0.25) is 0 Å². The van der Waals surface area contributed by atoms with Gasteiger partial charge >= 0.3 is 29.8 Å². The highest BCUT2D eigenvalue weighted by molar-refractivity contribution is 5.93. The largest absolute Gasteiger partial charge is 0.479 e. The first kappa shape index (κ1) is 70.1. The van der Waals surface area contributed by atoms with Crippen molar-refractivity contribution >= 4 is 47.6 Å². The number of carbonyl (C=O) groups excluding carboxylic acids is 7. The molecule has 2 aromatic rings. The van der Waals surface area contributed by atoms with Gasteiger partial charge in [-0.2, -0.15) is 0 Å². The van der Waals surface area contributed by atoms with Crippen molar-refractivity contribution in [2.24, 2.45) is 11.8 Å². The number of aryl methyl sites for hydroxylation is 1. The van der Waals surface area contributed by atoms with E-state index in [4.69, 9.17) is 18.9 Å². The van der Waals surface area contributed by atoms with Gasteiger partial charge in [0.25, 0.3) is 17.7 Å². The first-order valence-corrected chi connectivity index (χ1v) is 27.7. The summed E-state index contributed by atoms with van der Waals surface area (Å²) in [5.41, 5.74) is -1.05. The highest BCUT2D eigenvalue weighted by Crippen LogP contribution is 2.28. The van der Waals surface area contributed by atoms with Gasteiger partial charge in [0, 0.05) is 40.4 Å². The van der Waals surface area contributed by atoms with Crippen molar-refractivity contribution in [3.63, 3.8) is 0 Å². The van der Waals surface area contributed by atoms with Crippen LogP contribution in [0.5, 0.6) is 0 Å². The number of amides is 3. The molecule has 0 aliphatic carbocycles. The minimum Gasteiger partial charge on any atom is -0.479 e. The molecule has 2 rings (SSSR count). The second-order valence-electron chi connectivity index (χ2n) is 25.3. The van der Waals surface area contributed by atoms with Crippen LogP contribution in [0.15, 0.2) is 48.5 Å². The van der Waals surface area contributed by atoms with E-state index in [2.05, 4.69) is 26.1 Å². The number of ether oxygens (including phenoxy) is 4. The Hall–Kier alpha value is -5.98. The summed E-state index contributed by atoms with van der Waals surface area (Å²) in [6.07, 6.45) is -7.16. The Morgan fingerprint density at radius 2 is 0.887 bits per heavy atom. The molecule has 450 valence electrons. The van der Waals surface area contributed by atoms with Gasteiger partial charge in [-0.25, -0.2) is 28.0 Å². The predicted octanol–water partition coefficient (Wildman–Crippen LogP) is 8.67. The van der Waals surface area contributed by atoms with E-state index in [1.165, 1.54) is 55.8 Å². The molecule has 0 aromatic heterocycles. The van der Waals surface area contributed by atoms with Gasteiger partial charge in [0.15, 0.2) is 24.4 Å². The van der Waals surface area contributed by atoms with E-state index in [0.29, 0.717) is 18.4 Å². The second kappa shape index (κ2) is 29.7. The number of nitrogens with zero attached hydrogens (tertiary/aromatic N) is 3. The third kappa shape index (κ3) is 22.5. The van der Waals surface area contributed by atoms with Crippen LogP contribution >= 0.6 is 0 Å². The highest BCUT2D eigenvalue weighted by atomic mass is 19.1. The summed E-state index contributed by atoms with van der Waals surface area (Å²) in [6, 6.07) is 9.53. The number of carboxylic acid groups (broad SMARTS) is 1. The summed E-state index contributed by atoms with van der Waals surface area (Å²) in [6.45, 7) is 26.8. The van der Waals surface area contributed by atoms with Gasteiger partial charge in [-0.1, -0.05) is 118 Å². The Labute approximate surface area is 474 Å². The van der Waals surface area contributed by atoms with Gasteiger partial charge in [-0.3, -0.25) is 19.2 Å². The third-order valence-electron chi connectivity index (χ3n) is 13.8. The summed E-state index contributed by atoms with van der Waals surface area (Å²) in [4.78, 5) is 114. The van der Waals surface area contributed by atoms with Crippen LogP contribution in [0.3, 0.4) is 0 Å². The van der Waals surface area contributed by atoms with Gasteiger partial charge in [-0.15, -0.1) is 0 Å². The van der Waals surface area contributed by atoms with Crippen molar-refractivity contribution in [2.75, 3.05) is 28.2 Å². The number of carbonyl (C=O) groups is 8. The number of nitrogens with one attached hydrogen (secondary N) is 1. The van der Waals surface area contributed by atoms with Crippen LogP contribution in [-0.4, -0.2) is 155 Å². The standard InChI is InChI=1S/C61H94F2N4O13/c1-36(2)31-44(64-17)54(73)79-48(30-25-40-21-26-42(27-22-40)58(7,8)9)51(69)66(19)46(34-60(13,14)62)56(75)77-38(5)50(68)65(18)45(32-37(3)4)55(74)80-49(33-41-23-28-43(29-24-41)59(10,11)12)52(70)67(20)47(35-61(15,16)63)57(76)78-39(6)53(71)72/h21-24,26-29,36-39,44-49,64H,25,30-35H2,1-20H3,(H,71,72)/t38-,39-,44+,45+,46+,47+,48-,49-/m1/s1. The minimum absolute atomic E-state index is 0.0108. The van der Waals surface area contributed by atoms with E-state index >= 15 is 8.78 Å². The first-order chi connectivity index (χ1) is 36.6. The summed E-state index contributed by atoms with van der Waals surface area (Å²) < 4.78 is 53.8. The summed E-state index contributed by atoms with van der Waals surface area (Å²) in [5, 5.41) is 12.4. The van der Waals surface area contributed by atoms with Crippen molar-refractivity contribution in [3.8, 4) is 0 Å². The number of esters is 4. The van der Waals surface area contributed by atoms with E-state index < -0.39 is 120 Å². The zero-order valence-electron chi connectivity index (χ0n) is 51.3. The number of likely N-dealkylation sites (N-methyl/N-ethyl adjacent to an activating group) is 4. The zero-order valence-corrected chi connectivity index (χ0v) is 51.3. The van der Waals surface area contributed by atoms with E-state index in [9.17, 15) is 43.5 Å². The highest BCUT2D eigenvalue weighted by Gasteiger charge is 2.43. The van der Waals surface area contributed by atoms with Gasteiger partial charge in [-0.05, 0) is 119 Å². The number of alkyl halides is 2. The van der Waals surface area contributed by atoms with Crippen molar-refractivity contribution in [2.45, 2.75) is 226 Å². The average Bonchev–Trinajstić information content (AvgIpc) is 3.34. The summed E-state index contributed by atoms with van der Waals surface area (Å²) in [5.74, 6) is -8.45. The first-order valence-electron chi connectivity index (χ1n) is 27.7. The molecule has 0 bridgehead atoms. The van der Waals surface area contributed by atoms with Crippen molar-refractivity contribution in [1.82, 2.24) is 20.0 Å². The molecule has 0 saturated carbocycles. The van der Waals surface area contributed by atoms with Crippen LogP contribution in [0, 0.1) is 11.8 Å². The molecule has 0 radical (unpaired) electrons. The van der Waals surface area contributed by atoms with Gasteiger partial charge < -0.3 is 44.1 Å². The summed E-state index contributed by atoms with van der Waals surface area (Å²) >= 11 is 0. The number of rotatable bonds is 29. The molecule has 0 unspecified atom stereocenters. The van der Waals surface area contributed by atoms with Gasteiger partial charge in [0.1, 0.15) is 35.5 Å². The number of carboxylic acids is 1. The van der Waals surface area contributed by atoms with E-state index in [0.717, 1.165) is 38.3 Å². The van der Waals surface area contributed by atoms with Crippen LogP contribution in [0.4, 0.5) is 8.78 Å². The lowest BCUT2D eigenvalue weighted by atomic mass is 9.86. The molecule has 0 aliphatic rings. The smallest absolute Gasteiger partial charge is 0.344 e. The van der Waals surface area contributed by atoms with Crippen LogP contribution in [0.25, 0.3) is 0 Å². The zero-order chi connectivity index (χ0) is 61.6. The van der Waals surface area contributed by atoms with Gasteiger partial charge in [0.05, 0.1) is 0 Å². The molecule has 0 aliphatic heterocycles. The molecule has 17 nitrogen and oxygen atoms in total. The lowest BCUT2D eigenvalue weighted by Gasteiger charge is -2.35. The predicted molar refractivity (Wildman–Crippen MR) is 302 cm³/mol. The van der Waals surface area contributed by atoms with E-state index in [1.807, 2.05) is 71.0 Å². The molecule has 2 aromatic carbocycles. The fourth-order valence-corrected chi connectivity index (χ4v) is 8.82. The molecule has 3 amide bonds. The van der Waals surface area contributed by atoms with Crippen molar-refractivity contribution in [3.05, 3.63) is 70.8 Å². The SMILES string of the molecule is CN[C@@H](CC(C)C)C(=O)O[C@H](CCc1ccc(C(C)(C)C)cc1)C(=O)N(C)[C@@H](CC(C)(C)F)C(=O)O[C@H](C)C(=O)N(C)[C@@H](CC(C)C)C(=O)O[C@H](Cc1ccc(C(C)(C)C)cc1)C(=O)N(C)[C@@H](CC(C)(C)F)C(=O)O[C@H](C)C(=O)O. The summed E-state index contributed by atoms with van der Waals surface area (Å²) in [7, 11) is 5.33.